The van der Waals surface area contributed by atoms with Crippen molar-refractivity contribution in [3.63, 3.8) is 0 Å². The highest BCUT2D eigenvalue weighted by Crippen LogP contribution is 2.29. The van der Waals surface area contributed by atoms with Crippen LogP contribution in [0.1, 0.15) is 16.7 Å². The largest absolute Gasteiger partial charge is 0.506 e. The van der Waals surface area contributed by atoms with Gasteiger partial charge in [-0.1, -0.05) is 12.1 Å². The first-order valence-corrected chi connectivity index (χ1v) is 9.16. The molecule has 0 aliphatic rings. The zero-order chi connectivity index (χ0) is 17.9. The molecule has 6 heteroatoms. The number of halogens is 2. The number of benzene rings is 2. The normalized spacial score (nSPS) is 11.0. The molecule has 2 aromatic rings. The molecule has 2 aromatic carbocycles. The van der Waals surface area contributed by atoms with Crippen molar-refractivity contribution in [2.24, 2.45) is 0 Å². The molecule has 0 aliphatic carbocycles. The van der Waals surface area contributed by atoms with Crippen LogP contribution >= 0.6 is 45.2 Å². The number of nitriles is 1. The molecule has 122 valence electrons. The van der Waals surface area contributed by atoms with Gasteiger partial charge in [-0.2, -0.15) is 5.26 Å². The van der Waals surface area contributed by atoms with E-state index in [4.69, 9.17) is 0 Å². The molecule has 0 bridgehead atoms. The molecule has 0 heterocycles. The van der Waals surface area contributed by atoms with Crippen LogP contribution in [0.4, 0.5) is 5.69 Å². The molecule has 0 aliphatic heterocycles. The second-order valence-corrected chi connectivity index (χ2v) is 7.60. The summed E-state index contributed by atoms with van der Waals surface area (Å²) in [6, 6.07) is 11.0. The van der Waals surface area contributed by atoms with E-state index in [1.165, 1.54) is 6.08 Å². The van der Waals surface area contributed by atoms with Gasteiger partial charge in [-0.3, -0.25) is 4.79 Å². The Labute approximate surface area is 167 Å². The highest BCUT2D eigenvalue weighted by molar-refractivity contribution is 14.1. The maximum absolute atomic E-state index is 12.4. The van der Waals surface area contributed by atoms with Crippen LogP contribution in [-0.2, 0) is 4.79 Å². The Bertz CT molecular complexity index is 883. The molecular formula is C18H14I2N2O2. The summed E-state index contributed by atoms with van der Waals surface area (Å²) >= 11 is 4.13. The summed E-state index contributed by atoms with van der Waals surface area (Å²) in [6.45, 7) is 3.87. The summed E-state index contributed by atoms with van der Waals surface area (Å²) in [7, 11) is 0. The summed E-state index contributed by atoms with van der Waals surface area (Å²) < 4.78 is 1.58. The Kier molecular flexibility index (Phi) is 6.23. The van der Waals surface area contributed by atoms with E-state index in [1.807, 2.05) is 60.7 Å². The fourth-order valence-electron chi connectivity index (χ4n) is 2.08. The van der Waals surface area contributed by atoms with Crippen molar-refractivity contribution in [3.8, 4) is 11.8 Å². The number of phenols is 1. The minimum Gasteiger partial charge on any atom is -0.506 e. The zero-order valence-electron chi connectivity index (χ0n) is 13.0. The van der Waals surface area contributed by atoms with Crippen molar-refractivity contribution < 1.29 is 9.90 Å². The number of aromatic hydroxyl groups is 1. The second-order valence-electron chi connectivity index (χ2n) is 5.20. The fraction of sp³-hybridized carbons (Fsp3) is 0.111. The van der Waals surface area contributed by atoms with Gasteiger partial charge in [0.25, 0.3) is 5.91 Å². The van der Waals surface area contributed by atoms with E-state index in [0.717, 1.165) is 14.7 Å². The van der Waals surface area contributed by atoms with Crippen molar-refractivity contribution in [1.29, 1.82) is 5.26 Å². The lowest BCUT2D eigenvalue weighted by atomic mass is 10.1. The van der Waals surface area contributed by atoms with Gasteiger partial charge >= 0.3 is 0 Å². The van der Waals surface area contributed by atoms with Crippen LogP contribution in [0.25, 0.3) is 6.08 Å². The number of amides is 1. The third-order valence-corrected chi connectivity index (χ3v) is 5.02. The molecule has 0 aromatic heterocycles. The molecule has 0 fully saturated rings. The monoisotopic (exact) mass is 544 g/mol. The summed E-state index contributed by atoms with van der Waals surface area (Å²) in [6.07, 6.45) is 1.40. The quantitative estimate of drug-likeness (QED) is 0.333. The lowest BCUT2D eigenvalue weighted by Gasteiger charge is -2.10. The summed E-state index contributed by atoms with van der Waals surface area (Å²) in [4.78, 5) is 12.4. The van der Waals surface area contributed by atoms with Crippen LogP contribution in [0.2, 0.25) is 0 Å². The lowest BCUT2D eigenvalue weighted by Crippen LogP contribution is -2.14. The Morgan fingerprint density at radius 3 is 2.67 bits per heavy atom. The van der Waals surface area contributed by atoms with Crippen LogP contribution in [0.15, 0.2) is 35.9 Å². The standard InChI is InChI=1S/C18H14I2N2O2/c1-10-4-3-5-16(11(10)2)22-18(24)13(9-21)6-12-7-14(19)8-15(20)17(12)23/h3-8,23H,1-2H3,(H,22,24)/b13-6-. The van der Waals surface area contributed by atoms with Gasteiger partial charge in [0.15, 0.2) is 0 Å². The fourth-order valence-corrected chi connectivity index (χ4v) is 3.97. The molecule has 0 saturated carbocycles. The van der Waals surface area contributed by atoms with Gasteiger partial charge < -0.3 is 10.4 Å². The van der Waals surface area contributed by atoms with E-state index in [9.17, 15) is 15.2 Å². The van der Waals surface area contributed by atoms with Crippen molar-refractivity contribution in [1.82, 2.24) is 0 Å². The van der Waals surface area contributed by atoms with E-state index < -0.39 is 5.91 Å². The van der Waals surface area contributed by atoms with Crippen molar-refractivity contribution in [2.75, 3.05) is 5.32 Å². The number of aryl methyl sites for hydroxylation is 1. The maximum Gasteiger partial charge on any atom is 0.266 e. The van der Waals surface area contributed by atoms with Crippen LogP contribution in [0, 0.1) is 32.3 Å². The highest BCUT2D eigenvalue weighted by atomic mass is 127. The summed E-state index contributed by atoms with van der Waals surface area (Å²) in [5.41, 5.74) is 3.06. The Hall–Kier alpha value is -1.60. The van der Waals surface area contributed by atoms with Gasteiger partial charge in [-0.15, -0.1) is 0 Å². The van der Waals surface area contributed by atoms with Crippen LogP contribution in [-0.4, -0.2) is 11.0 Å². The molecule has 4 nitrogen and oxygen atoms in total. The van der Waals surface area contributed by atoms with Crippen molar-refractivity contribution in [2.45, 2.75) is 13.8 Å². The first kappa shape index (κ1) is 18.7. The van der Waals surface area contributed by atoms with E-state index in [-0.39, 0.29) is 11.3 Å². The number of carbonyl (C=O) groups is 1. The van der Waals surface area contributed by atoms with E-state index in [2.05, 4.69) is 27.9 Å². The minimum absolute atomic E-state index is 0.0586. The van der Waals surface area contributed by atoms with E-state index in [0.29, 0.717) is 14.8 Å². The van der Waals surface area contributed by atoms with Crippen molar-refractivity contribution >= 4 is 62.9 Å². The number of nitrogens with one attached hydrogen (secondary N) is 1. The van der Waals surface area contributed by atoms with Gasteiger partial charge in [0.2, 0.25) is 0 Å². The molecule has 0 spiro atoms. The Morgan fingerprint density at radius 2 is 2.00 bits per heavy atom. The van der Waals surface area contributed by atoms with Crippen LogP contribution in [0.5, 0.6) is 5.75 Å². The van der Waals surface area contributed by atoms with Gasteiger partial charge in [-0.05, 0) is 94.4 Å². The lowest BCUT2D eigenvalue weighted by molar-refractivity contribution is -0.112. The summed E-state index contributed by atoms with van der Waals surface area (Å²) in [5.74, 6) is -0.442. The number of anilines is 1. The Balaban J connectivity index is 2.37. The van der Waals surface area contributed by atoms with E-state index in [1.54, 1.807) is 12.1 Å². The topological polar surface area (TPSA) is 73.1 Å². The number of carbonyl (C=O) groups excluding carboxylic acids is 1. The van der Waals surface area contributed by atoms with Crippen LogP contribution < -0.4 is 5.32 Å². The average molecular weight is 544 g/mol. The third kappa shape index (κ3) is 4.27. The van der Waals surface area contributed by atoms with Gasteiger partial charge in [0.1, 0.15) is 17.4 Å². The minimum atomic E-state index is -0.500. The number of hydrogen-bond donors (Lipinski definition) is 2. The molecule has 1 amide bonds. The third-order valence-electron chi connectivity index (χ3n) is 3.58. The average Bonchev–Trinajstić information content (AvgIpc) is 2.53. The number of phenolic OH excluding ortho intramolecular Hbond substituents is 1. The second kappa shape index (κ2) is 7.98. The molecule has 0 saturated heterocycles. The van der Waals surface area contributed by atoms with Crippen molar-refractivity contribution in [3.05, 3.63) is 59.7 Å². The molecule has 0 radical (unpaired) electrons. The van der Waals surface area contributed by atoms with Gasteiger partial charge in [-0.25, -0.2) is 0 Å². The molecule has 2 N–H and O–H groups in total. The van der Waals surface area contributed by atoms with Crippen LogP contribution in [0.3, 0.4) is 0 Å². The molecule has 2 rings (SSSR count). The molecule has 0 atom stereocenters. The molecule has 24 heavy (non-hydrogen) atoms. The summed E-state index contributed by atoms with van der Waals surface area (Å²) in [5, 5.41) is 22.2. The number of rotatable bonds is 3. The molecular weight excluding hydrogens is 530 g/mol. The number of hydrogen-bond acceptors (Lipinski definition) is 3. The predicted molar refractivity (Wildman–Crippen MR) is 112 cm³/mol. The maximum atomic E-state index is 12.4. The molecule has 0 unspecified atom stereocenters. The Morgan fingerprint density at radius 1 is 1.29 bits per heavy atom. The van der Waals surface area contributed by atoms with Gasteiger partial charge in [0.05, 0.1) is 3.57 Å². The smallest absolute Gasteiger partial charge is 0.266 e. The SMILES string of the molecule is Cc1cccc(NC(=O)/C(C#N)=C\c2cc(I)cc(I)c2O)c1C. The first-order chi connectivity index (χ1) is 11.3. The van der Waals surface area contributed by atoms with Gasteiger partial charge in [0, 0.05) is 14.8 Å². The highest BCUT2D eigenvalue weighted by Gasteiger charge is 2.13. The van der Waals surface area contributed by atoms with E-state index >= 15 is 0 Å². The zero-order valence-corrected chi connectivity index (χ0v) is 17.3. The predicted octanol–water partition coefficient (Wildman–Crippen LogP) is 4.76. The first-order valence-electron chi connectivity index (χ1n) is 7.01. The number of nitrogens with zero attached hydrogens (tertiary/aromatic N) is 1.